The number of benzene rings is 1. The molecule has 2 aromatic heterocycles. The van der Waals surface area contributed by atoms with Crippen molar-refractivity contribution in [3.05, 3.63) is 63.2 Å². The number of alkyl halides is 3. The van der Waals surface area contributed by atoms with Gasteiger partial charge in [0.15, 0.2) is 0 Å². The van der Waals surface area contributed by atoms with Crippen LogP contribution in [0.25, 0.3) is 10.9 Å². The maximum Gasteiger partial charge on any atom is 0.393 e. The van der Waals surface area contributed by atoms with E-state index in [1.54, 1.807) is 44.0 Å². The van der Waals surface area contributed by atoms with Gasteiger partial charge >= 0.3 is 6.18 Å². The van der Waals surface area contributed by atoms with E-state index >= 15 is 0 Å². The number of para-hydroxylation sites is 1. The van der Waals surface area contributed by atoms with E-state index < -0.39 is 30.0 Å². The number of aryl methyl sites for hydroxylation is 1. The predicted octanol–water partition coefficient (Wildman–Crippen LogP) is 4.58. The van der Waals surface area contributed by atoms with Crippen molar-refractivity contribution in [3.63, 3.8) is 0 Å². The number of aromatic nitrogens is 2. The Hall–Kier alpha value is -3.27. The van der Waals surface area contributed by atoms with Gasteiger partial charge in [-0.25, -0.2) is 0 Å². The number of ether oxygens (including phenoxy) is 1. The molecule has 3 unspecified atom stereocenters. The summed E-state index contributed by atoms with van der Waals surface area (Å²) in [6.07, 6.45) is -3.91. The van der Waals surface area contributed by atoms with Gasteiger partial charge in [0.2, 0.25) is 0 Å². The summed E-state index contributed by atoms with van der Waals surface area (Å²) in [6, 6.07) is 8.46. The number of H-pyrrole nitrogens is 1. The van der Waals surface area contributed by atoms with Crippen molar-refractivity contribution in [2.24, 2.45) is 11.8 Å². The van der Waals surface area contributed by atoms with Crippen molar-refractivity contribution in [1.82, 2.24) is 19.8 Å². The van der Waals surface area contributed by atoms with Crippen LogP contribution in [-0.2, 0) is 6.54 Å². The van der Waals surface area contributed by atoms with Gasteiger partial charge in [-0.15, -0.1) is 0 Å². The Labute approximate surface area is 213 Å². The molecule has 200 valence electrons. The first-order chi connectivity index (χ1) is 17.4. The van der Waals surface area contributed by atoms with Crippen LogP contribution in [-0.4, -0.2) is 53.8 Å². The van der Waals surface area contributed by atoms with Crippen LogP contribution in [0.3, 0.4) is 0 Å². The number of fused-ring (bicyclic) bond motifs is 1. The van der Waals surface area contributed by atoms with Crippen LogP contribution in [0.2, 0.25) is 0 Å². The first kappa shape index (κ1) is 26.8. The summed E-state index contributed by atoms with van der Waals surface area (Å²) in [7, 11) is 3.17. The zero-order chi connectivity index (χ0) is 27.1. The topological polar surface area (TPSA) is 79.4 Å². The molecule has 1 aliphatic rings. The standard InChI is InChI=1S/C27H33F3N4O3/c1-15-12-23(37-5)20(25(35)32-15)13-31-26(36)24-17(3)34(22-9-7-6-8-19(22)24)16(2)18-10-11-33(4)14-21(18)27(28,29)30/h6-9,12,16,18,21H,10-11,13-14H2,1-5H3,(H,31,36)(H,32,35). The highest BCUT2D eigenvalue weighted by atomic mass is 19.4. The minimum atomic E-state index is -4.31. The van der Waals surface area contributed by atoms with E-state index in [1.165, 1.54) is 7.11 Å². The lowest BCUT2D eigenvalue weighted by atomic mass is 9.80. The van der Waals surface area contributed by atoms with E-state index in [2.05, 4.69) is 10.3 Å². The second kappa shape index (κ2) is 10.2. The van der Waals surface area contributed by atoms with Gasteiger partial charge in [0.25, 0.3) is 11.5 Å². The molecule has 0 aliphatic carbocycles. The second-order valence-corrected chi connectivity index (χ2v) is 9.96. The first-order valence-corrected chi connectivity index (χ1v) is 12.3. The summed E-state index contributed by atoms with van der Waals surface area (Å²) in [4.78, 5) is 30.3. The highest BCUT2D eigenvalue weighted by Gasteiger charge is 2.49. The van der Waals surface area contributed by atoms with E-state index in [9.17, 15) is 22.8 Å². The molecule has 37 heavy (non-hydrogen) atoms. The molecule has 1 amide bonds. The smallest absolute Gasteiger partial charge is 0.393 e. The summed E-state index contributed by atoms with van der Waals surface area (Å²) >= 11 is 0. The van der Waals surface area contributed by atoms with Crippen LogP contribution in [0.5, 0.6) is 5.75 Å². The fourth-order valence-electron chi connectivity index (χ4n) is 5.74. The maximum atomic E-state index is 14.0. The number of likely N-dealkylation sites (tertiary alicyclic amines) is 1. The molecule has 1 aromatic carbocycles. The summed E-state index contributed by atoms with van der Waals surface area (Å²) in [5.41, 5.74) is 2.26. The Bertz CT molecular complexity index is 1360. The zero-order valence-corrected chi connectivity index (χ0v) is 21.7. The van der Waals surface area contributed by atoms with Gasteiger partial charge < -0.3 is 24.5 Å². The summed E-state index contributed by atoms with van der Waals surface area (Å²) in [6.45, 7) is 5.79. The number of pyridine rings is 1. The van der Waals surface area contributed by atoms with Gasteiger partial charge in [0.1, 0.15) is 5.75 Å². The third-order valence-electron chi connectivity index (χ3n) is 7.58. The monoisotopic (exact) mass is 518 g/mol. The molecule has 3 aromatic rings. The van der Waals surface area contributed by atoms with Gasteiger partial charge in [-0.3, -0.25) is 9.59 Å². The highest BCUT2D eigenvalue weighted by Crippen LogP contribution is 2.44. The van der Waals surface area contributed by atoms with Crippen molar-refractivity contribution >= 4 is 16.8 Å². The average Bonchev–Trinajstić information content (AvgIpc) is 3.13. The Morgan fingerprint density at radius 2 is 1.97 bits per heavy atom. The summed E-state index contributed by atoms with van der Waals surface area (Å²) < 4.78 is 49.3. The largest absolute Gasteiger partial charge is 0.496 e. The van der Waals surface area contributed by atoms with Crippen molar-refractivity contribution in [2.45, 2.75) is 46.0 Å². The molecule has 0 radical (unpaired) electrons. The number of amides is 1. The number of aromatic amines is 1. The number of nitrogens with zero attached hydrogens (tertiary/aromatic N) is 2. The number of piperidine rings is 1. The van der Waals surface area contributed by atoms with Crippen molar-refractivity contribution in [3.8, 4) is 5.75 Å². The van der Waals surface area contributed by atoms with Gasteiger partial charge in [-0.05, 0) is 58.8 Å². The molecule has 1 aliphatic heterocycles. The highest BCUT2D eigenvalue weighted by molar-refractivity contribution is 6.08. The molecular formula is C27H33F3N4O3. The number of hydrogen-bond acceptors (Lipinski definition) is 4. The zero-order valence-electron chi connectivity index (χ0n) is 21.7. The number of halogens is 3. The molecule has 7 nitrogen and oxygen atoms in total. The summed E-state index contributed by atoms with van der Waals surface area (Å²) in [5.74, 6) is -2.12. The number of nitrogens with one attached hydrogen (secondary N) is 2. The third kappa shape index (κ3) is 5.12. The molecule has 2 N–H and O–H groups in total. The lowest BCUT2D eigenvalue weighted by molar-refractivity contribution is -0.204. The van der Waals surface area contributed by atoms with Crippen LogP contribution in [0.4, 0.5) is 13.2 Å². The molecule has 4 rings (SSSR count). The van der Waals surface area contributed by atoms with Crippen LogP contribution < -0.4 is 15.6 Å². The lowest BCUT2D eigenvalue weighted by Gasteiger charge is -2.41. The Balaban J connectivity index is 1.70. The molecule has 3 atom stereocenters. The molecule has 0 saturated carbocycles. The summed E-state index contributed by atoms with van der Waals surface area (Å²) in [5, 5.41) is 3.47. The van der Waals surface area contributed by atoms with Gasteiger partial charge in [-0.1, -0.05) is 18.2 Å². The SMILES string of the molecule is COc1cc(C)[nH]c(=O)c1CNC(=O)c1c(C)n(C(C)C2CCN(C)CC2C(F)(F)F)c2ccccc12. The van der Waals surface area contributed by atoms with E-state index in [1.807, 2.05) is 23.6 Å². The van der Waals surface area contributed by atoms with E-state index in [4.69, 9.17) is 4.74 Å². The fraction of sp³-hybridized carbons (Fsp3) is 0.481. The van der Waals surface area contributed by atoms with Crippen molar-refractivity contribution < 1.29 is 22.7 Å². The molecular weight excluding hydrogens is 485 g/mol. The van der Waals surface area contributed by atoms with E-state index in [0.29, 0.717) is 46.6 Å². The van der Waals surface area contributed by atoms with E-state index in [0.717, 1.165) is 0 Å². The Morgan fingerprint density at radius 3 is 2.65 bits per heavy atom. The van der Waals surface area contributed by atoms with Crippen LogP contribution in [0, 0.1) is 25.7 Å². The minimum Gasteiger partial charge on any atom is -0.496 e. The molecule has 0 spiro atoms. The first-order valence-electron chi connectivity index (χ1n) is 12.3. The number of rotatable bonds is 6. The third-order valence-corrected chi connectivity index (χ3v) is 7.58. The lowest BCUT2D eigenvalue weighted by Crippen LogP contribution is -2.47. The number of hydrogen-bond donors (Lipinski definition) is 2. The van der Waals surface area contributed by atoms with Crippen LogP contribution in [0.1, 0.15) is 46.7 Å². The number of methoxy groups -OCH3 is 1. The Morgan fingerprint density at radius 1 is 1.27 bits per heavy atom. The normalized spacial score (nSPS) is 19.7. The van der Waals surface area contributed by atoms with Crippen LogP contribution in [0.15, 0.2) is 35.1 Å². The number of carbonyl (C=O) groups is 1. The van der Waals surface area contributed by atoms with Crippen molar-refractivity contribution in [1.29, 1.82) is 0 Å². The second-order valence-electron chi connectivity index (χ2n) is 9.96. The molecule has 3 heterocycles. The number of carbonyl (C=O) groups excluding carboxylic acids is 1. The quantitative estimate of drug-likeness (QED) is 0.501. The molecule has 1 saturated heterocycles. The fourth-order valence-corrected chi connectivity index (χ4v) is 5.74. The molecule has 1 fully saturated rings. The van der Waals surface area contributed by atoms with Crippen molar-refractivity contribution in [2.75, 3.05) is 27.2 Å². The van der Waals surface area contributed by atoms with Gasteiger partial charge in [-0.2, -0.15) is 13.2 Å². The molecule has 10 heteroatoms. The minimum absolute atomic E-state index is 0.0446. The van der Waals surface area contributed by atoms with Crippen LogP contribution >= 0.6 is 0 Å². The van der Waals surface area contributed by atoms with Gasteiger partial charge in [0.05, 0.1) is 30.7 Å². The van der Waals surface area contributed by atoms with Gasteiger partial charge in [0, 0.05) is 34.9 Å². The average molecular weight is 519 g/mol. The predicted molar refractivity (Wildman–Crippen MR) is 136 cm³/mol. The molecule has 0 bridgehead atoms. The maximum absolute atomic E-state index is 14.0. The Kier molecular flexibility index (Phi) is 7.41. The van der Waals surface area contributed by atoms with E-state index in [-0.39, 0.29) is 24.2 Å².